The Hall–Kier alpha value is -2.41. The maximum Gasteiger partial charge on any atom is 0.163 e. The predicted molar refractivity (Wildman–Crippen MR) is 65.9 cm³/mol. The molecular formula is C13H12N4. The number of nitrogens with one attached hydrogen (secondary N) is 1. The Morgan fingerprint density at radius 1 is 1.12 bits per heavy atom. The molecule has 0 atom stereocenters. The molecule has 0 aliphatic heterocycles. The number of rotatable bonds is 2. The van der Waals surface area contributed by atoms with Crippen molar-refractivity contribution in [1.82, 2.24) is 10.2 Å². The van der Waals surface area contributed by atoms with Crippen molar-refractivity contribution in [3.8, 4) is 6.07 Å². The van der Waals surface area contributed by atoms with Crippen molar-refractivity contribution in [2.45, 2.75) is 13.8 Å². The minimum Gasteiger partial charge on any atom is -0.339 e. The number of anilines is 2. The zero-order valence-corrected chi connectivity index (χ0v) is 9.73. The van der Waals surface area contributed by atoms with E-state index in [1.165, 1.54) is 5.56 Å². The Morgan fingerprint density at radius 2 is 1.94 bits per heavy atom. The van der Waals surface area contributed by atoms with Gasteiger partial charge in [0.15, 0.2) is 11.5 Å². The van der Waals surface area contributed by atoms with Crippen LogP contribution in [0.3, 0.4) is 0 Å². The second-order valence-corrected chi connectivity index (χ2v) is 3.86. The molecule has 84 valence electrons. The summed E-state index contributed by atoms with van der Waals surface area (Å²) in [6.45, 7) is 4.06. The summed E-state index contributed by atoms with van der Waals surface area (Å²) in [4.78, 5) is 0. The number of nitrogens with zero attached hydrogens (tertiary/aromatic N) is 3. The fourth-order valence-corrected chi connectivity index (χ4v) is 1.47. The van der Waals surface area contributed by atoms with Crippen molar-refractivity contribution < 1.29 is 0 Å². The van der Waals surface area contributed by atoms with E-state index in [9.17, 15) is 0 Å². The molecule has 2 rings (SSSR count). The molecule has 1 N–H and O–H groups in total. The number of hydrogen-bond acceptors (Lipinski definition) is 4. The second-order valence-electron chi connectivity index (χ2n) is 3.86. The SMILES string of the molecule is Cc1ccc(C)c(Nc2ccc(C#N)nn2)c1. The van der Waals surface area contributed by atoms with Crippen LogP contribution in [-0.2, 0) is 0 Å². The highest BCUT2D eigenvalue weighted by Gasteiger charge is 2.01. The lowest BCUT2D eigenvalue weighted by atomic mass is 10.1. The molecule has 1 aromatic carbocycles. The topological polar surface area (TPSA) is 61.6 Å². The van der Waals surface area contributed by atoms with Crippen molar-refractivity contribution in [3.63, 3.8) is 0 Å². The quantitative estimate of drug-likeness (QED) is 0.851. The summed E-state index contributed by atoms with van der Waals surface area (Å²) < 4.78 is 0. The molecular weight excluding hydrogens is 212 g/mol. The Balaban J connectivity index is 2.25. The van der Waals surface area contributed by atoms with Gasteiger partial charge in [0.1, 0.15) is 6.07 Å². The lowest BCUT2D eigenvalue weighted by Crippen LogP contribution is -1.98. The van der Waals surface area contributed by atoms with Crippen LogP contribution in [0.4, 0.5) is 11.5 Å². The third-order valence-electron chi connectivity index (χ3n) is 2.43. The first kappa shape index (κ1) is 11.1. The summed E-state index contributed by atoms with van der Waals surface area (Å²) >= 11 is 0. The third kappa shape index (κ3) is 2.58. The summed E-state index contributed by atoms with van der Waals surface area (Å²) in [5, 5.41) is 19.5. The first-order valence-corrected chi connectivity index (χ1v) is 5.27. The van der Waals surface area contributed by atoms with E-state index in [4.69, 9.17) is 5.26 Å². The predicted octanol–water partition coefficient (Wildman–Crippen LogP) is 2.71. The molecule has 0 saturated heterocycles. The molecule has 0 spiro atoms. The monoisotopic (exact) mass is 224 g/mol. The van der Waals surface area contributed by atoms with Crippen molar-refractivity contribution in [1.29, 1.82) is 5.26 Å². The fraction of sp³-hybridized carbons (Fsp3) is 0.154. The Kier molecular flexibility index (Phi) is 3.01. The van der Waals surface area contributed by atoms with E-state index in [1.807, 2.05) is 19.9 Å². The van der Waals surface area contributed by atoms with Crippen molar-refractivity contribution in [2.75, 3.05) is 5.32 Å². The standard InChI is InChI=1S/C13H12N4/c1-9-3-4-10(2)12(7-9)15-13-6-5-11(8-14)16-17-13/h3-7H,1-2H3,(H,15,17). The molecule has 0 fully saturated rings. The van der Waals surface area contributed by atoms with Gasteiger partial charge in [-0.2, -0.15) is 5.26 Å². The smallest absolute Gasteiger partial charge is 0.163 e. The largest absolute Gasteiger partial charge is 0.339 e. The summed E-state index contributed by atoms with van der Waals surface area (Å²) in [6, 6.07) is 11.5. The first-order chi connectivity index (χ1) is 8.19. The minimum atomic E-state index is 0.316. The number of aromatic nitrogens is 2. The number of hydrogen-bond donors (Lipinski definition) is 1. The molecule has 0 saturated carbocycles. The Bertz CT molecular complexity index is 567. The van der Waals surface area contributed by atoms with Crippen LogP contribution in [0.15, 0.2) is 30.3 Å². The van der Waals surface area contributed by atoms with Crippen LogP contribution < -0.4 is 5.32 Å². The van der Waals surface area contributed by atoms with Crippen LogP contribution in [0.1, 0.15) is 16.8 Å². The third-order valence-corrected chi connectivity index (χ3v) is 2.43. The molecule has 0 bridgehead atoms. The van der Waals surface area contributed by atoms with E-state index in [2.05, 4.69) is 33.7 Å². The number of nitriles is 1. The van der Waals surface area contributed by atoms with Crippen molar-refractivity contribution in [2.24, 2.45) is 0 Å². The Labute approximate surface area is 99.9 Å². The molecule has 17 heavy (non-hydrogen) atoms. The molecule has 4 heteroatoms. The van der Waals surface area contributed by atoms with Gasteiger partial charge in [0, 0.05) is 5.69 Å². The van der Waals surface area contributed by atoms with Gasteiger partial charge in [-0.1, -0.05) is 12.1 Å². The van der Waals surface area contributed by atoms with E-state index in [-0.39, 0.29) is 0 Å². The molecule has 0 radical (unpaired) electrons. The van der Waals surface area contributed by atoms with Crippen LogP contribution in [0.2, 0.25) is 0 Å². The molecule has 2 aromatic rings. The van der Waals surface area contributed by atoms with Crippen LogP contribution >= 0.6 is 0 Å². The fourth-order valence-electron chi connectivity index (χ4n) is 1.47. The van der Waals surface area contributed by atoms with Gasteiger partial charge >= 0.3 is 0 Å². The lowest BCUT2D eigenvalue weighted by Gasteiger charge is -2.08. The molecule has 0 aliphatic carbocycles. The molecule has 0 amide bonds. The van der Waals surface area contributed by atoms with Crippen LogP contribution in [0, 0.1) is 25.2 Å². The molecule has 0 aliphatic rings. The van der Waals surface area contributed by atoms with Crippen molar-refractivity contribution in [3.05, 3.63) is 47.2 Å². The van der Waals surface area contributed by atoms with E-state index in [0.29, 0.717) is 11.5 Å². The second kappa shape index (κ2) is 4.62. The van der Waals surface area contributed by atoms with Gasteiger partial charge < -0.3 is 5.32 Å². The minimum absolute atomic E-state index is 0.316. The van der Waals surface area contributed by atoms with E-state index in [1.54, 1.807) is 12.1 Å². The van der Waals surface area contributed by atoms with Crippen LogP contribution in [-0.4, -0.2) is 10.2 Å². The number of aryl methyl sites for hydroxylation is 2. The molecule has 1 aromatic heterocycles. The average Bonchev–Trinajstić information content (AvgIpc) is 2.35. The van der Waals surface area contributed by atoms with Gasteiger partial charge in [-0.3, -0.25) is 0 Å². The molecule has 4 nitrogen and oxygen atoms in total. The highest BCUT2D eigenvalue weighted by molar-refractivity contribution is 5.61. The van der Waals surface area contributed by atoms with E-state index < -0.39 is 0 Å². The lowest BCUT2D eigenvalue weighted by molar-refractivity contribution is 1.01. The molecule has 0 unspecified atom stereocenters. The van der Waals surface area contributed by atoms with Crippen LogP contribution in [0.25, 0.3) is 0 Å². The van der Waals surface area contributed by atoms with Gasteiger partial charge in [0.2, 0.25) is 0 Å². The average molecular weight is 224 g/mol. The summed E-state index contributed by atoms with van der Waals surface area (Å²) in [6.07, 6.45) is 0. The van der Waals surface area contributed by atoms with Gasteiger partial charge in [0.25, 0.3) is 0 Å². The highest BCUT2D eigenvalue weighted by Crippen LogP contribution is 2.20. The zero-order valence-electron chi connectivity index (χ0n) is 9.73. The summed E-state index contributed by atoms with van der Waals surface area (Å²) in [7, 11) is 0. The number of benzene rings is 1. The van der Waals surface area contributed by atoms with Gasteiger partial charge in [-0.05, 0) is 43.2 Å². The maximum atomic E-state index is 8.63. The van der Waals surface area contributed by atoms with E-state index in [0.717, 1.165) is 11.3 Å². The highest BCUT2D eigenvalue weighted by atomic mass is 15.2. The first-order valence-electron chi connectivity index (χ1n) is 5.27. The molecule has 1 heterocycles. The van der Waals surface area contributed by atoms with Crippen LogP contribution in [0.5, 0.6) is 0 Å². The maximum absolute atomic E-state index is 8.63. The zero-order chi connectivity index (χ0) is 12.3. The van der Waals surface area contributed by atoms with Crippen molar-refractivity contribution >= 4 is 11.5 Å². The normalized spacial score (nSPS) is 9.71. The summed E-state index contributed by atoms with van der Waals surface area (Å²) in [5.41, 5.74) is 3.64. The Morgan fingerprint density at radius 3 is 2.59 bits per heavy atom. The summed E-state index contributed by atoms with van der Waals surface area (Å²) in [5.74, 6) is 0.637. The van der Waals surface area contributed by atoms with Gasteiger partial charge in [-0.25, -0.2) is 0 Å². The van der Waals surface area contributed by atoms with E-state index >= 15 is 0 Å². The van der Waals surface area contributed by atoms with Gasteiger partial charge in [-0.15, -0.1) is 10.2 Å². The van der Waals surface area contributed by atoms with Gasteiger partial charge in [0.05, 0.1) is 0 Å².